The first-order valence-electron chi connectivity index (χ1n) is 7.03. The van der Waals surface area contributed by atoms with Crippen LogP contribution < -0.4 is 5.73 Å². The summed E-state index contributed by atoms with van der Waals surface area (Å²) in [6.45, 7) is 9.27. The van der Waals surface area contributed by atoms with Crippen molar-refractivity contribution in [3.63, 3.8) is 0 Å². The zero-order chi connectivity index (χ0) is 13.9. The van der Waals surface area contributed by atoms with E-state index >= 15 is 0 Å². The van der Waals surface area contributed by atoms with E-state index in [2.05, 4.69) is 0 Å². The van der Waals surface area contributed by atoms with E-state index in [0.29, 0.717) is 12.5 Å². The van der Waals surface area contributed by atoms with Gasteiger partial charge in [-0.25, -0.2) is 0 Å². The van der Waals surface area contributed by atoms with Gasteiger partial charge in [-0.2, -0.15) is 0 Å². The van der Waals surface area contributed by atoms with E-state index in [1.165, 1.54) is 0 Å². The Morgan fingerprint density at radius 1 is 1.33 bits per heavy atom. The van der Waals surface area contributed by atoms with Crippen molar-refractivity contribution in [3.05, 3.63) is 0 Å². The number of nitrogens with zero attached hydrogens (tertiary/aromatic N) is 1. The zero-order valence-corrected chi connectivity index (χ0v) is 12.1. The van der Waals surface area contributed by atoms with Crippen LogP contribution in [-0.4, -0.2) is 41.1 Å². The molecule has 3 N–H and O–H groups in total. The lowest BCUT2D eigenvalue weighted by Crippen LogP contribution is -2.51. The van der Waals surface area contributed by atoms with E-state index in [1.807, 2.05) is 32.6 Å². The SMILES string of the molecule is CC(C)C(=O)N1CC(N)CC(CC(O)C(C)C)C1. The fourth-order valence-electron chi connectivity index (χ4n) is 2.58. The summed E-state index contributed by atoms with van der Waals surface area (Å²) in [7, 11) is 0. The molecule has 0 aliphatic carbocycles. The summed E-state index contributed by atoms with van der Waals surface area (Å²) in [6, 6.07) is 0.0470. The second-order valence-corrected chi connectivity index (χ2v) is 6.31. The number of carbonyl (C=O) groups is 1. The van der Waals surface area contributed by atoms with Crippen LogP contribution in [0.15, 0.2) is 0 Å². The van der Waals surface area contributed by atoms with Gasteiger partial charge in [0.15, 0.2) is 0 Å². The third kappa shape index (κ3) is 4.25. The molecule has 0 aromatic heterocycles. The first-order valence-corrected chi connectivity index (χ1v) is 7.03. The Bertz CT molecular complexity index is 279. The molecule has 0 spiro atoms. The molecule has 1 rings (SSSR count). The Kier molecular flexibility index (Phi) is 5.60. The summed E-state index contributed by atoms with van der Waals surface area (Å²) in [6.07, 6.45) is 1.36. The predicted molar refractivity (Wildman–Crippen MR) is 73.0 cm³/mol. The number of piperidine rings is 1. The minimum Gasteiger partial charge on any atom is -0.393 e. The molecule has 4 nitrogen and oxygen atoms in total. The van der Waals surface area contributed by atoms with E-state index < -0.39 is 0 Å². The molecule has 18 heavy (non-hydrogen) atoms. The Morgan fingerprint density at radius 2 is 1.94 bits per heavy atom. The van der Waals surface area contributed by atoms with Crippen LogP contribution in [-0.2, 0) is 4.79 Å². The van der Waals surface area contributed by atoms with Crippen LogP contribution in [0.5, 0.6) is 0 Å². The Morgan fingerprint density at radius 3 is 2.44 bits per heavy atom. The number of likely N-dealkylation sites (tertiary alicyclic amines) is 1. The molecule has 0 aromatic carbocycles. The van der Waals surface area contributed by atoms with Crippen molar-refractivity contribution < 1.29 is 9.90 Å². The third-order valence-electron chi connectivity index (χ3n) is 3.72. The normalized spacial score (nSPS) is 26.8. The number of hydrogen-bond acceptors (Lipinski definition) is 3. The topological polar surface area (TPSA) is 66.6 Å². The second-order valence-electron chi connectivity index (χ2n) is 6.31. The number of amides is 1. The second kappa shape index (κ2) is 6.53. The summed E-state index contributed by atoms with van der Waals surface area (Å²) >= 11 is 0. The monoisotopic (exact) mass is 256 g/mol. The maximum Gasteiger partial charge on any atom is 0.225 e. The van der Waals surface area contributed by atoms with E-state index in [1.54, 1.807) is 0 Å². The summed E-state index contributed by atoms with van der Waals surface area (Å²) < 4.78 is 0. The molecule has 0 bridgehead atoms. The van der Waals surface area contributed by atoms with Crippen LogP contribution in [0.25, 0.3) is 0 Å². The zero-order valence-electron chi connectivity index (χ0n) is 12.1. The van der Waals surface area contributed by atoms with Gasteiger partial charge in [0.2, 0.25) is 5.91 Å². The van der Waals surface area contributed by atoms with E-state index in [-0.39, 0.29) is 29.9 Å². The Balaban J connectivity index is 2.58. The smallest absolute Gasteiger partial charge is 0.225 e. The van der Waals surface area contributed by atoms with Gasteiger partial charge in [0.25, 0.3) is 0 Å². The molecule has 1 aliphatic heterocycles. The highest BCUT2D eigenvalue weighted by molar-refractivity contribution is 5.78. The van der Waals surface area contributed by atoms with Gasteiger partial charge in [0.05, 0.1) is 6.10 Å². The highest BCUT2D eigenvalue weighted by atomic mass is 16.3. The molecule has 1 fully saturated rings. The summed E-state index contributed by atoms with van der Waals surface area (Å²) in [4.78, 5) is 13.9. The highest BCUT2D eigenvalue weighted by Gasteiger charge is 2.30. The summed E-state index contributed by atoms with van der Waals surface area (Å²) in [5, 5.41) is 9.95. The van der Waals surface area contributed by atoms with E-state index in [4.69, 9.17) is 5.73 Å². The van der Waals surface area contributed by atoms with E-state index in [0.717, 1.165) is 19.4 Å². The molecule has 1 saturated heterocycles. The average Bonchev–Trinajstić information content (AvgIpc) is 2.26. The largest absolute Gasteiger partial charge is 0.393 e. The van der Waals surface area contributed by atoms with Crippen LogP contribution in [0.3, 0.4) is 0 Å². The standard InChI is InChI=1S/C14H28N2O2/c1-9(2)13(17)6-11-5-12(15)8-16(7-11)14(18)10(3)4/h9-13,17H,5-8,15H2,1-4H3. The summed E-state index contributed by atoms with van der Waals surface area (Å²) in [5.41, 5.74) is 6.03. The molecule has 4 heteroatoms. The fraction of sp³-hybridized carbons (Fsp3) is 0.929. The Labute approximate surface area is 111 Å². The first kappa shape index (κ1) is 15.4. The summed E-state index contributed by atoms with van der Waals surface area (Å²) in [5.74, 6) is 0.784. The molecular weight excluding hydrogens is 228 g/mol. The Hall–Kier alpha value is -0.610. The minimum absolute atomic E-state index is 0.0194. The van der Waals surface area contributed by atoms with Crippen LogP contribution in [0, 0.1) is 17.8 Å². The lowest BCUT2D eigenvalue weighted by Gasteiger charge is -2.38. The molecule has 0 radical (unpaired) electrons. The number of hydrogen-bond donors (Lipinski definition) is 2. The van der Waals surface area contributed by atoms with Gasteiger partial charge in [-0.1, -0.05) is 27.7 Å². The molecule has 3 atom stereocenters. The molecule has 3 unspecified atom stereocenters. The number of aliphatic hydroxyl groups is 1. The van der Waals surface area contributed by atoms with Crippen molar-refractivity contribution in [1.82, 2.24) is 4.90 Å². The molecule has 1 heterocycles. The third-order valence-corrected chi connectivity index (χ3v) is 3.72. The lowest BCUT2D eigenvalue weighted by atomic mass is 9.86. The van der Waals surface area contributed by atoms with Gasteiger partial charge >= 0.3 is 0 Å². The maximum absolute atomic E-state index is 12.0. The van der Waals surface area contributed by atoms with Crippen molar-refractivity contribution in [2.24, 2.45) is 23.5 Å². The number of carbonyl (C=O) groups excluding carboxylic acids is 1. The predicted octanol–water partition coefficient (Wildman–Crippen LogP) is 1.23. The van der Waals surface area contributed by atoms with Crippen molar-refractivity contribution in [2.75, 3.05) is 13.1 Å². The molecule has 106 valence electrons. The molecular formula is C14H28N2O2. The van der Waals surface area contributed by atoms with Gasteiger partial charge < -0.3 is 15.7 Å². The van der Waals surface area contributed by atoms with Gasteiger partial charge in [0.1, 0.15) is 0 Å². The minimum atomic E-state index is -0.295. The lowest BCUT2D eigenvalue weighted by molar-refractivity contribution is -0.137. The average molecular weight is 256 g/mol. The quantitative estimate of drug-likeness (QED) is 0.795. The van der Waals surface area contributed by atoms with Crippen LogP contribution in [0.4, 0.5) is 0 Å². The maximum atomic E-state index is 12.0. The van der Waals surface area contributed by atoms with Gasteiger partial charge in [-0.15, -0.1) is 0 Å². The van der Waals surface area contributed by atoms with Crippen molar-refractivity contribution in [1.29, 1.82) is 0 Å². The number of aliphatic hydroxyl groups excluding tert-OH is 1. The molecule has 0 saturated carbocycles. The van der Waals surface area contributed by atoms with Crippen molar-refractivity contribution in [3.8, 4) is 0 Å². The van der Waals surface area contributed by atoms with Gasteiger partial charge in [-0.05, 0) is 24.7 Å². The van der Waals surface area contributed by atoms with Crippen LogP contribution >= 0.6 is 0 Å². The van der Waals surface area contributed by atoms with Gasteiger partial charge in [0, 0.05) is 25.0 Å². The van der Waals surface area contributed by atoms with E-state index in [9.17, 15) is 9.90 Å². The first-order chi connectivity index (χ1) is 8.31. The highest BCUT2D eigenvalue weighted by Crippen LogP contribution is 2.24. The van der Waals surface area contributed by atoms with Crippen LogP contribution in [0.1, 0.15) is 40.5 Å². The van der Waals surface area contributed by atoms with Crippen molar-refractivity contribution in [2.45, 2.75) is 52.7 Å². The van der Waals surface area contributed by atoms with Crippen LogP contribution in [0.2, 0.25) is 0 Å². The molecule has 1 amide bonds. The molecule has 0 aromatic rings. The fourth-order valence-corrected chi connectivity index (χ4v) is 2.58. The molecule has 1 aliphatic rings. The van der Waals surface area contributed by atoms with Crippen molar-refractivity contribution >= 4 is 5.91 Å². The van der Waals surface area contributed by atoms with Gasteiger partial charge in [-0.3, -0.25) is 4.79 Å². The number of nitrogens with two attached hydrogens (primary N) is 1. The number of rotatable bonds is 4.